The highest BCUT2D eigenvalue weighted by atomic mass is 32.2. The van der Waals surface area contributed by atoms with Gasteiger partial charge < -0.3 is 4.74 Å². The maximum atomic E-state index is 5.90. The van der Waals surface area contributed by atoms with E-state index in [4.69, 9.17) is 4.74 Å². The molecule has 2 aromatic carbocycles. The summed E-state index contributed by atoms with van der Waals surface area (Å²) in [4.78, 5) is 0. The third-order valence-corrected chi connectivity index (χ3v) is 5.40. The van der Waals surface area contributed by atoms with Gasteiger partial charge in [0.05, 0.1) is 6.61 Å². The third kappa shape index (κ3) is 3.93. The van der Waals surface area contributed by atoms with Crippen LogP contribution < -0.4 is 4.74 Å². The molecule has 0 amide bonds. The second kappa shape index (κ2) is 7.96. The Bertz CT molecular complexity index is 859. The molecule has 0 bridgehead atoms. The average molecular weight is 366 g/mol. The largest absolute Gasteiger partial charge is 0.493 e. The van der Waals surface area contributed by atoms with Crippen LogP contribution in [0.2, 0.25) is 0 Å². The molecule has 1 aliphatic rings. The fraction of sp³-hybridized carbons (Fsp3) is 0.333. The Balaban J connectivity index is 1.42. The normalized spacial score (nSPS) is 13.7. The van der Waals surface area contributed by atoms with Gasteiger partial charge in [-0.2, -0.15) is 0 Å². The third-order valence-electron chi connectivity index (χ3n) is 4.51. The molecule has 1 aromatic heterocycles. The smallest absolute Gasteiger partial charge is 0.195 e. The molecular formula is C21H23N3OS. The minimum Gasteiger partial charge on any atom is -0.493 e. The molecule has 0 radical (unpaired) electrons. The van der Waals surface area contributed by atoms with Crippen LogP contribution in [0, 0.1) is 0 Å². The number of ether oxygens (including phenoxy) is 1. The van der Waals surface area contributed by atoms with Crippen LogP contribution in [0.4, 0.5) is 0 Å². The first-order valence-electron chi connectivity index (χ1n) is 9.20. The molecule has 0 N–H and O–H groups in total. The molecule has 0 saturated heterocycles. The van der Waals surface area contributed by atoms with E-state index in [2.05, 4.69) is 64.2 Å². The summed E-state index contributed by atoms with van der Waals surface area (Å²) in [6.45, 7) is 2.81. The Labute approximate surface area is 158 Å². The molecule has 1 heterocycles. The van der Waals surface area contributed by atoms with Crippen molar-refractivity contribution in [2.24, 2.45) is 0 Å². The van der Waals surface area contributed by atoms with E-state index in [-0.39, 0.29) is 0 Å². The van der Waals surface area contributed by atoms with Crippen LogP contribution in [-0.2, 0) is 6.42 Å². The number of aryl methyl sites for hydroxylation is 1. The number of aromatic nitrogens is 3. The molecule has 1 aliphatic carbocycles. The molecule has 134 valence electrons. The molecule has 3 aromatic rings. The van der Waals surface area contributed by atoms with Crippen LogP contribution in [0.5, 0.6) is 5.75 Å². The second-order valence-electron chi connectivity index (χ2n) is 6.48. The molecule has 0 atom stereocenters. The van der Waals surface area contributed by atoms with E-state index in [1.54, 1.807) is 11.8 Å². The summed E-state index contributed by atoms with van der Waals surface area (Å²) in [6.07, 6.45) is 3.45. The van der Waals surface area contributed by atoms with Crippen molar-refractivity contribution in [2.75, 3.05) is 12.4 Å². The summed E-state index contributed by atoms with van der Waals surface area (Å²) in [6, 6.07) is 18.7. The highest BCUT2D eigenvalue weighted by Crippen LogP contribution is 2.41. The molecule has 4 rings (SSSR count). The van der Waals surface area contributed by atoms with Crippen LogP contribution in [-0.4, -0.2) is 27.1 Å². The zero-order chi connectivity index (χ0) is 17.8. The van der Waals surface area contributed by atoms with Gasteiger partial charge in [-0.15, -0.1) is 10.2 Å². The predicted octanol–water partition coefficient (Wildman–Crippen LogP) is 4.88. The lowest BCUT2D eigenvalue weighted by Crippen LogP contribution is -2.04. The van der Waals surface area contributed by atoms with Gasteiger partial charge in [0, 0.05) is 17.4 Å². The number of hydrogen-bond acceptors (Lipinski definition) is 4. The van der Waals surface area contributed by atoms with Crippen molar-refractivity contribution in [1.29, 1.82) is 0 Å². The summed E-state index contributed by atoms with van der Waals surface area (Å²) in [5, 5.41) is 9.86. The van der Waals surface area contributed by atoms with Crippen LogP contribution in [0.3, 0.4) is 0 Å². The number of para-hydroxylation sites is 1. The van der Waals surface area contributed by atoms with Gasteiger partial charge in [-0.05, 0) is 49.1 Å². The second-order valence-corrected chi connectivity index (χ2v) is 7.55. The summed E-state index contributed by atoms with van der Waals surface area (Å²) < 4.78 is 8.11. The molecule has 26 heavy (non-hydrogen) atoms. The SMILES string of the molecule is CCc1cccc(OCCSc2nnc(C3CC3)n2-c2ccccc2)c1. The van der Waals surface area contributed by atoms with Crippen molar-refractivity contribution in [1.82, 2.24) is 14.8 Å². The van der Waals surface area contributed by atoms with Gasteiger partial charge in [0.25, 0.3) is 0 Å². The van der Waals surface area contributed by atoms with Gasteiger partial charge in [0.15, 0.2) is 5.16 Å². The minimum atomic E-state index is 0.560. The number of thioether (sulfide) groups is 1. The van der Waals surface area contributed by atoms with E-state index in [1.165, 1.54) is 18.4 Å². The van der Waals surface area contributed by atoms with Crippen LogP contribution in [0.15, 0.2) is 59.8 Å². The zero-order valence-corrected chi connectivity index (χ0v) is 15.8. The lowest BCUT2D eigenvalue weighted by atomic mass is 10.2. The first-order chi connectivity index (χ1) is 12.8. The fourth-order valence-electron chi connectivity index (χ4n) is 2.95. The number of nitrogens with zero attached hydrogens (tertiary/aromatic N) is 3. The summed E-state index contributed by atoms with van der Waals surface area (Å²) >= 11 is 1.70. The van der Waals surface area contributed by atoms with Gasteiger partial charge in [-0.1, -0.05) is 49.0 Å². The van der Waals surface area contributed by atoms with Crippen molar-refractivity contribution in [3.8, 4) is 11.4 Å². The lowest BCUT2D eigenvalue weighted by molar-refractivity contribution is 0.343. The number of rotatable bonds is 8. The van der Waals surface area contributed by atoms with E-state index in [9.17, 15) is 0 Å². The first kappa shape index (κ1) is 17.2. The van der Waals surface area contributed by atoms with Gasteiger partial charge in [-0.3, -0.25) is 4.57 Å². The zero-order valence-electron chi connectivity index (χ0n) is 15.0. The summed E-state index contributed by atoms with van der Waals surface area (Å²) in [7, 11) is 0. The Morgan fingerprint density at radius 1 is 1.08 bits per heavy atom. The monoisotopic (exact) mass is 365 g/mol. The van der Waals surface area contributed by atoms with Gasteiger partial charge in [-0.25, -0.2) is 0 Å². The highest BCUT2D eigenvalue weighted by molar-refractivity contribution is 7.99. The summed E-state index contributed by atoms with van der Waals surface area (Å²) in [5.41, 5.74) is 2.44. The van der Waals surface area contributed by atoms with Crippen LogP contribution >= 0.6 is 11.8 Å². The molecule has 4 nitrogen and oxygen atoms in total. The molecule has 0 aliphatic heterocycles. The van der Waals surface area contributed by atoms with E-state index in [1.807, 2.05) is 12.1 Å². The molecule has 5 heteroatoms. The fourth-order valence-corrected chi connectivity index (χ4v) is 3.72. The molecule has 1 fully saturated rings. The summed E-state index contributed by atoms with van der Waals surface area (Å²) in [5.74, 6) is 3.43. The topological polar surface area (TPSA) is 39.9 Å². The van der Waals surface area contributed by atoms with Crippen molar-refractivity contribution < 1.29 is 4.74 Å². The molecule has 0 unspecified atom stereocenters. The van der Waals surface area contributed by atoms with E-state index < -0.39 is 0 Å². The van der Waals surface area contributed by atoms with Crippen molar-refractivity contribution in [3.05, 3.63) is 66.0 Å². The number of hydrogen-bond donors (Lipinski definition) is 0. The minimum absolute atomic E-state index is 0.560. The Morgan fingerprint density at radius 3 is 2.69 bits per heavy atom. The van der Waals surface area contributed by atoms with Crippen molar-refractivity contribution in [3.63, 3.8) is 0 Å². The average Bonchev–Trinajstić information content (AvgIpc) is 3.46. The molecular weight excluding hydrogens is 342 g/mol. The Hall–Kier alpha value is -2.27. The lowest BCUT2D eigenvalue weighted by Gasteiger charge is -2.10. The van der Waals surface area contributed by atoms with Crippen LogP contribution in [0.25, 0.3) is 5.69 Å². The Kier molecular flexibility index (Phi) is 5.25. The molecule has 1 saturated carbocycles. The Morgan fingerprint density at radius 2 is 1.92 bits per heavy atom. The van der Waals surface area contributed by atoms with Gasteiger partial charge in [0.1, 0.15) is 11.6 Å². The van der Waals surface area contributed by atoms with Crippen molar-refractivity contribution >= 4 is 11.8 Å². The first-order valence-corrected chi connectivity index (χ1v) is 10.2. The van der Waals surface area contributed by atoms with E-state index >= 15 is 0 Å². The molecule has 0 spiro atoms. The number of benzene rings is 2. The maximum absolute atomic E-state index is 5.90. The van der Waals surface area contributed by atoms with Gasteiger partial charge >= 0.3 is 0 Å². The predicted molar refractivity (Wildman–Crippen MR) is 105 cm³/mol. The van der Waals surface area contributed by atoms with E-state index in [0.717, 1.165) is 34.6 Å². The highest BCUT2D eigenvalue weighted by Gasteiger charge is 2.30. The quantitative estimate of drug-likeness (QED) is 0.421. The van der Waals surface area contributed by atoms with Gasteiger partial charge in [0.2, 0.25) is 0 Å². The van der Waals surface area contributed by atoms with E-state index in [0.29, 0.717) is 12.5 Å². The van der Waals surface area contributed by atoms with Crippen LogP contribution in [0.1, 0.15) is 37.1 Å². The maximum Gasteiger partial charge on any atom is 0.195 e. The van der Waals surface area contributed by atoms with Crippen molar-refractivity contribution in [2.45, 2.75) is 37.3 Å². The standard InChI is InChI=1S/C21H23N3OS/c1-2-16-7-6-10-19(15-16)25-13-14-26-21-23-22-20(17-11-12-17)24(21)18-8-4-3-5-9-18/h3-10,15,17H,2,11-14H2,1H3.